The Hall–Kier alpha value is -3.91. The van der Waals surface area contributed by atoms with Gasteiger partial charge in [0.15, 0.2) is 11.4 Å². The van der Waals surface area contributed by atoms with Gasteiger partial charge in [0.25, 0.3) is 5.91 Å². The van der Waals surface area contributed by atoms with Crippen molar-refractivity contribution in [3.8, 4) is 5.75 Å². The fourth-order valence-electron chi connectivity index (χ4n) is 3.31. The monoisotopic (exact) mass is 539 g/mol. The van der Waals surface area contributed by atoms with E-state index in [9.17, 15) is 44.7 Å². The quantitative estimate of drug-likeness (QED) is 0.333. The lowest BCUT2D eigenvalue weighted by molar-refractivity contribution is -0.201. The Labute approximate surface area is 203 Å². The first kappa shape index (κ1) is 27.7. The lowest BCUT2D eigenvalue weighted by Crippen LogP contribution is -2.43. The zero-order valence-corrected chi connectivity index (χ0v) is 18.7. The minimum atomic E-state index is -5.44. The van der Waals surface area contributed by atoms with Crippen LogP contribution in [-0.2, 0) is 16.1 Å². The molecule has 0 saturated heterocycles. The van der Waals surface area contributed by atoms with E-state index in [4.69, 9.17) is 4.74 Å². The number of imidazole rings is 1. The molecule has 2 heterocycles. The third-order valence-electron chi connectivity index (χ3n) is 4.90. The summed E-state index contributed by atoms with van der Waals surface area (Å²) in [4.78, 5) is 27.8. The van der Waals surface area contributed by atoms with Gasteiger partial charge in [0.1, 0.15) is 30.5 Å². The van der Waals surface area contributed by atoms with Gasteiger partial charge in [-0.2, -0.15) is 26.3 Å². The van der Waals surface area contributed by atoms with Gasteiger partial charge in [-0.3, -0.25) is 9.20 Å². The molecule has 0 aliphatic carbocycles. The average Bonchev–Trinajstić information content (AvgIpc) is 3.11. The average molecular weight is 539 g/mol. The molecule has 1 N–H and O–H groups in total. The number of fused-ring (bicyclic) bond motifs is 1. The van der Waals surface area contributed by atoms with Crippen LogP contribution in [0.4, 0.5) is 35.1 Å². The molecule has 15 heteroatoms. The fourth-order valence-corrected chi connectivity index (χ4v) is 3.31. The van der Waals surface area contributed by atoms with Crippen LogP contribution < -0.4 is 10.1 Å². The highest BCUT2D eigenvalue weighted by Crippen LogP contribution is 2.26. The summed E-state index contributed by atoms with van der Waals surface area (Å²) in [5.41, 5.74) is -0.720. The van der Waals surface area contributed by atoms with E-state index in [-0.39, 0.29) is 28.3 Å². The van der Waals surface area contributed by atoms with Crippen molar-refractivity contribution in [2.24, 2.45) is 0 Å². The molecule has 0 bridgehead atoms. The summed E-state index contributed by atoms with van der Waals surface area (Å²) < 4.78 is 114. The molecule has 1 atom stereocenters. The molecule has 37 heavy (non-hydrogen) atoms. The molecule has 7 nitrogen and oxygen atoms in total. The van der Waals surface area contributed by atoms with Gasteiger partial charge in [0, 0.05) is 6.20 Å². The number of ether oxygens (including phenoxy) is 2. The van der Waals surface area contributed by atoms with Crippen molar-refractivity contribution in [1.29, 1.82) is 0 Å². The smallest absolute Gasteiger partial charge is 0.485 e. The number of hydrogen-bond donors (Lipinski definition) is 1. The second kappa shape index (κ2) is 10.6. The molecule has 1 unspecified atom stereocenters. The lowest BCUT2D eigenvalue weighted by Gasteiger charge is -2.20. The van der Waals surface area contributed by atoms with Gasteiger partial charge in [-0.1, -0.05) is 6.07 Å². The maximum absolute atomic E-state index is 13.9. The number of carbonyl (C=O) groups excluding carboxylic acids is 2. The van der Waals surface area contributed by atoms with Crippen LogP contribution in [0.15, 0.2) is 36.5 Å². The third kappa shape index (κ3) is 6.86. The van der Waals surface area contributed by atoms with Crippen molar-refractivity contribution < 1.29 is 54.2 Å². The summed E-state index contributed by atoms with van der Waals surface area (Å²) in [5.74, 6) is -5.65. The Balaban J connectivity index is 1.84. The summed E-state index contributed by atoms with van der Waals surface area (Å²) in [7, 11) is 0. The van der Waals surface area contributed by atoms with Gasteiger partial charge in [0.2, 0.25) is 0 Å². The zero-order valence-electron chi connectivity index (χ0n) is 18.7. The number of benzene rings is 1. The number of amides is 1. The van der Waals surface area contributed by atoms with E-state index in [1.165, 1.54) is 25.3 Å². The normalized spacial score (nSPS) is 12.9. The Morgan fingerprint density at radius 3 is 2.30 bits per heavy atom. The number of halogens is 8. The zero-order chi connectivity index (χ0) is 27.5. The van der Waals surface area contributed by atoms with E-state index in [1.54, 1.807) is 0 Å². The minimum Gasteiger partial charge on any atom is -0.485 e. The summed E-state index contributed by atoms with van der Waals surface area (Å²) >= 11 is 0. The van der Waals surface area contributed by atoms with Crippen LogP contribution in [0, 0.1) is 18.6 Å². The molecule has 3 aromatic rings. The maximum atomic E-state index is 13.9. The standard InChI is InChI=1S/C22H17F8N3O4/c1-11-17(19(34)32-12(8-21(25,26)27)9-37-20(35)22(28,29)30)33-7-3-6-16(18(33)31-11)36-10-13-14(23)4-2-5-15(13)24/h2-7,12H,8-10H2,1H3,(H,32,34). The molecular weight excluding hydrogens is 522 g/mol. The lowest BCUT2D eigenvalue weighted by atomic mass is 10.2. The first-order valence-electron chi connectivity index (χ1n) is 10.3. The molecule has 2 aromatic heterocycles. The van der Waals surface area contributed by atoms with Crippen LogP contribution >= 0.6 is 0 Å². The number of aromatic nitrogens is 2. The van der Waals surface area contributed by atoms with Gasteiger partial charge in [0.05, 0.1) is 23.7 Å². The Morgan fingerprint density at radius 2 is 1.70 bits per heavy atom. The summed E-state index contributed by atoms with van der Waals surface area (Å²) in [6, 6.07) is 3.88. The number of pyridine rings is 1. The van der Waals surface area contributed by atoms with Gasteiger partial charge in [-0.25, -0.2) is 18.6 Å². The van der Waals surface area contributed by atoms with Crippen molar-refractivity contribution in [2.45, 2.75) is 38.3 Å². The Kier molecular flexibility index (Phi) is 7.93. The maximum Gasteiger partial charge on any atom is 0.490 e. The van der Waals surface area contributed by atoms with E-state index in [0.717, 1.165) is 22.6 Å². The van der Waals surface area contributed by atoms with Crippen LogP contribution in [-0.4, -0.2) is 46.3 Å². The summed E-state index contributed by atoms with van der Waals surface area (Å²) in [6.45, 7) is -0.629. The molecular formula is C22H17F8N3O4. The molecule has 3 rings (SSSR count). The number of aryl methyl sites for hydroxylation is 1. The van der Waals surface area contributed by atoms with Crippen LogP contribution in [0.2, 0.25) is 0 Å². The van der Waals surface area contributed by atoms with E-state index < -0.39 is 61.5 Å². The Bertz CT molecular complexity index is 1280. The predicted octanol–water partition coefficient (Wildman–Crippen LogP) is 4.66. The fraction of sp³-hybridized carbons (Fsp3) is 0.318. The topological polar surface area (TPSA) is 81.9 Å². The SMILES string of the molecule is Cc1nc2c(OCc3c(F)cccc3F)cccn2c1C(=O)NC(COC(=O)C(F)(F)F)CC(F)(F)F. The molecule has 1 aromatic carbocycles. The highest BCUT2D eigenvalue weighted by atomic mass is 19.4. The first-order valence-corrected chi connectivity index (χ1v) is 10.3. The number of carbonyl (C=O) groups is 2. The molecule has 200 valence electrons. The van der Waals surface area contributed by atoms with Crippen LogP contribution in [0.1, 0.15) is 28.2 Å². The van der Waals surface area contributed by atoms with E-state index in [2.05, 4.69) is 9.72 Å². The molecule has 0 aliphatic rings. The molecule has 0 aliphatic heterocycles. The van der Waals surface area contributed by atoms with Crippen molar-refractivity contribution in [3.63, 3.8) is 0 Å². The molecule has 0 spiro atoms. The second-order valence-corrected chi connectivity index (χ2v) is 7.69. The van der Waals surface area contributed by atoms with Crippen LogP contribution in [0.25, 0.3) is 5.65 Å². The van der Waals surface area contributed by atoms with Gasteiger partial charge < -0.3 is 14.8 Å². The van der Waals surface area contributed by atoms with Crippen molar-refractivity contribution in [1.82, 2.24) is 14.7 Å². The van der Waals surface area contributed by atoms with E-state index in [0.29, 0.717) is 0 Å². The number of rotatable bonds is 8. The van der Waals surface area contributed by atoms with Crippen LogP contribution in [0.3, 0.4) is 0 Å². The van der Waals surface area contributed by atoms with Crippen LogP contribution in [0.5, 0.6) is 5.75 Å². The van der Waals surface area contributed by atoms with Crippen molar-refractivity contribution >= 4 is 17.5 Å². The summed E-state index contributed by atoms with van der Waals surface area (Å²) in [6.07, 6.45) is -10.8. The third-order valence-corrected chi connectivity index (χ3v) is 4.90. The number of alkyl halides is 6. The molecule has 0 radical (unpaired) electrons. The number of nitrogens with one attached hydrogen (secondary N) is 1. The number of esters is 1. The highest BCUT2D eigenvalue weighted by Gasteiger charge is 2.42. The predicted molar refractivity (Wildman–Crippen MR) is 110 cm³/mol. The summed E-state index contributed by atoms with van der Waals surface area (Å²) in [5, 5.41) is 1.90. The molecule has 1 amide bonds. The number of hydrogen-bond acceptors (Lipinski definition) is 5. The Morgan fingerprint density at radius 1 is 1.05 bits per heavy atom. The van der Waals surface area contributed by atoms with E-state index in [1.807, 2.05) is 5.32 Å². The highest BCUT2D eigenvalue weighted by molar-refractivity contribution is 5.95. The largest absolute Gasteiger partial charge is 0.490 e. The van der Waals surface area contributed by atoms with Gasteiger partial charge in [-0.15, -0.1) is 0 Å². The number of nitrogens with zero attached hydrogens (tertiary/aromatic N) is 2. The van der Waals surface area contributed by atoms with Gasteiger partial charge in [-0.05, 0) is 31.2 Å². The minimum absolute atomic E-state index is 0.0105. The molecule has 0 saturated carbocycles. The first-order chi connectivity index (χ1) is 17.2. The van der Waals surface area contributed by atoms with E-state index >= 15 is 0 Å². The van der Waals surface area contributed by atoms with Gasteiger partial charge >= 0.3 is 18.3 Å². The van der Waals surface area contributed by atoms with Crippen molar-refractivity contribution in [2.75, 3.05) is 6.61 Å². The van der Waals surface area contributed by atoms with Crippen molar-refractivity contribution in [3.05, 3.63) is 65.1 Å². The molecule has 0 fully saturated rings. The second-order valence-electron chi connectivity index (χ2n) is 7.69.